The minimum atomic E-state index is -0.404. The molecular formula is C16H15FN2O3S. The van der Waals surface area contributed by atoms with E-state index in [1.807, 2.05) is 0 Å². The number of halogens is 1. The van der Waals surface area contributed by atoms with E-state index in [0.29, 0.717) is 23.8 Å². The molecule has 0 atom stereocenters. The first-order valence-corrected chi connectivity index (χ1v) is 8.14. The third-order valence-corrected chi connectivity index (χ3v) is 4.39. The second kappa shape index (κ2) is 6.87. The normalized spacial score (nSPS) is 14.3. The molecule has 0 saturated carbocycles. The van der Waals surface area contributed by atoms with Crippen LogP contribution in [-0.4, -0.2) is 23.4 Å². The number of hydrogen-bond donors (Lipinski definition) is 0. The van der Waals surface area contributed by atoms with Gasteiger partial charge in [-0.15, -0.1) is 11.3 Å². The summed E-state index contributed by atoms with van der Waals surface area (Å²) in [5, 5.41) is 2.40. The molecule has 2 aromatic rings. The van der Waals surface area contributed by atoms with E-state index in [2.05, 4.69) is 4.98 Å². The fourth-order valence-electron chi connectivity index (χ4n) is 2.30. The average Bonchev–Trinajstić information content (AvgIpc) is 3.15. The van der Waals surface area contributed by atoms with Crippen LogP contribution in [0.15, 0.2) is 29.6 Å². The Kier molecular flexibility index (Phi) is 4.66. The van der Waals surface area contributed by atoms with Gasteiger partial charge < -0.3 is 4.74 Å². The number of rotatable bonds is 5. The average molecular weight is 334 g/mol. The lowest BCUT2D eigenvalue weighted by molar-refractivity contribution is -0.144. The molecule has 0 bridgehead atoms. The van der Waals surface area contributed by atoms with Crippen LogP contribution in [0.1, 0.15) is 24.1 Å². The summed E-state index contributed by atoms with van der Waals surface area (Å²) < 4.78 is 17.9. The molecule has 1 aliphatic rings. The molecule has 1 aliphatic heterocycles. The maximum atomic E-state index is 12.8. The number of hydrogen-bond acceptors (Lipinski definition) is 5. The first-order chi connectivity index (χ1) is 11.1. The van der Waals surface area contributed by atoms with Gasteiger partial charge in [0.2, 0.25) is 5.91 Å². The summed E-state index contributed by atoms with van der Waals surface area (Å²) in [5.74, 6) is -0.657. The zero-order valence-electron chi connectivity index (χ0n) is 12.3. The van der Waals surface area contributed by atoms with Gasteiger partial charge in [-0.2, -0.15) is 0 Å². The van der Waals surface area contributed by atoms with Gasteiger partial charge in [-0.3, -0.25) is 14.5 Å². The second-order valence-electron chi connectivity index (χ2n) is 5.23. The van der Waals surface area contributed by atoms with Crippen LogP contribution in [0.4, 0.5) is 9.52 Å². The van der Waals surface area contributed by atoms with Crippen molar-refractivity contribution in [2.24, 2.45) is 0 Å². The summed E-state index contributed by atoms with van der Waals surface area (Å²) >= 11 is 1.35. The number of esters is 1. The highest BCUT2D eigenvalue weighted by Crippen LogP contribution is 2.25. The lowest BCUT2D eigenvalue weighted by atomic mass is 10.2. The monoisotopic (exact) mass is 334 g/mol. The lowest BCUT2D eigenvalue weighted by Crippen LogP contribution is -2.23. The maximum Gasteiger partial charge on any atom is 0.312 e. The third kappa shape index (κ3) is 3.92. The number of aromatic nitrogens is 1. The predicted molar refractivity (Wildman–Crippen MR) is 83.6 cm³/mol. The summed E-state index contributed by atoms with van der Waals surface area (Å²) in [5.41, 5.74) is 1.31. The van der Waals surface area contributed by atoms with Gasteiger partial charge in [0.25, 0.3) is 0 Å². The number of thiazole rings is 1. The van der Waals surface area contributed by atoms with Crippen molar-refractivity contribution < 1.29 is 18.7 Å². The largest absolute Gasteiger partial charge is 0.461 e. The highest BCUT2D eigenvalue weighted by molar-refractivity contribution is 7.14. The van der Waals surface area contributed by atoms with Gasteiger partial charge in [-0.1, -0.05) is 12.1 Å². The highest BCUT2D eigenvalue weighted by atomic mass is 32.1. The van der Waals surface area contributed by atoms with E-state index in [1.54, 1.807) is 22.4 Å². The van der Waals surface area contributed by atoms with Crippen molar-refractivity contribution in [3.63, 3.8) is 0 Å². The quantitative estimate of drug-likeness (QED) is 0.789. The molecule has 0 aliphatic carbocycles. The van der Waals surface area contributed by atoms with Crippen LogP contribution in [0, 0.1) is 5.82 Å². The summed E-state index contributed by atoms with van der Waals surface area (Å²) in [4.78, 5) is 29.5. The van der Waals surface area contributed by atoms with E-state index in [4.69, 9.17) is 4.74 Å². The van der Waals surface area contributed by atoms with Crippen molar-refractivity contribution in [2.75, 3.05) is 11.4 Å². The van der Waals surface area contributed by atoms with E-state index in [1.165, 1.54) is 23.5 Å². The Balaban J connectivity index is 1.53. The van der Waals surface area contributed by atoms with Crippen molar-refractivity contribution in [3.05, 3.63) is 46.7 Å². The molecule has 3 rings (SSSR count). The van der Waals surface area contributed by atoms with Crippen LogP contribution < -0.4 is 4.90 Å². The zero-order valence-corrected chi connectivity index (χ0v) is 13.1. The molecule has 0 radical (unpaired) electrons. The number of benzene rings is 1. The molecule has 5 nitrogen and oxygen atoms in total. The van der Waals surface area contributed by atoms with Crippen LogP contribution >= 0.6 is 11.3 Å². The molecule has 1 fully saturated rings. The molecule has 0 spiro atoms. The minimum Gasteiger partial charge on any atom is -0.461 e. The smallest absolute Gasteiger partial charge is 0.312 e. The molecule has 1 saturated heterocycles. The van der Waals surface area contributed by atoms with E-state index in [-0.39, 0.29) is 24.8 Å². The molecule has 0 unspecified atom stereocenters. The first kappa shape index (κ1) is 15.6. The van der Waals surface area contributed by atoms with Gasteiger partial charge in [-0.25, -0.2) is 9.37 Å². The van der Waals surface area contributed by atoms with E-state index >= 15 is 0 Å². The number of carbonyl (C=O) groups excluding carboxylic acids is 2. The molecular weight excluding hydrogens is 319 g/mol. The number of carbonyl (C=O) groups is 2. The van der Waals surface area contributed by atoms with E-state index in [0.717, 1.165) is 12.0 Å². The van der Waals surface area contributed by atoms with Gasteiger partial charge in [0.15, 0.2) is 5.13 Å². The third-order valence-electron chi connectivity index (χ3n) is 3.48. The SMILES string of the molecule is O=C(Cc1csc(N2CCCC2=O)n1)OCc1ccc(F)cc1. The van der Waals surface area contributed by atoms with Crippen molar-refractivity contribution in [1.82, 2.24) is 4.98 Å². The Hall–Kier alpha value is -2.28. The molecule has 0 N–H and O–H groups in total. The van der Waals surface area contributed by atoms with Crippen molar-refractivity contribution in [3.8, 4) is 0 Å². The summed E-state index contributed by atoms with van der Waals surface area (Å²) in [6.45, 7) is 0.779. The van der Waals surface area contributed by atoms with Crippen LogP contribution in [0.3, 0.4) is 0 Å². The lowest BCUT2D eigenvalue weighted by Gasteiger charge is -2.10. The predicted octanol–water partition coefficient (Wildman–Crippen LogP) is 2.69. The molecule has 120 valence electrons. The van der Waals surface area contributed by atoms with Gasteiger partial charge >= 0.3 is 5.97 Å². The molecule has 1 aromatic carbocycles. The number of anilines is 1. The van der Waals surface area contributed by atoms with Crippen LogP contribution in [-0.2, 0) is 27.4 Å². The topological polar surface area (TPSA) is 59.5 Å². The fraction of sp³-hybridized carbons (Fsp3) is 0.312. The Labute approximate surface area is 136 Å². The van der Waals surface area contributed by atoms with Crippen LogP contribution in [0.2, 0.25) is 0 Å². The highest BCUT2D eigenvalue weighted by Gasteiger charge is 2.24. The van der Waals surface area contributed by atoms with E-state index in [9.17, 15) is 14.0 Å². The van der Waals surface area contributed by atoms with Gasteiger partial charge in [0.1, 0.15) is 12.4 Å². The van der Waals surface area contributed by atoms with Crippen molar-refractivity contribution >= 4 is 28.3 Å². The fourth-order valence-corrected chi connectivity index (χ4v) is 3.16. The molecule has 1 amide bonds. The number of amides is 1. The van der Waals surface area contributed by atoms with E-state index < -0.39 is 5.97 Å². The zero-order chi connectivity index (χ0) is 16.2. The number of nitrogens with zero attached hydrogens (tertiary/aromatic N) is 2. The van der Waals surface area contributed by atoms with Crippen LogP contribution in [0.25, 0.3) is 0 Å². The van der Waals surface area contributed by atoms with Crippen LogP contribution in [0.5, 0.6) is 0 Å². The van der Waals surface area contributed by atoms with Crippen molar-refractivity contribution in [1.29, 1.82) is 0 Å². The summed E-state index contributed by atoms with van der Waals surface area (Å²) in [6, 6.07) is 5.79. The molecule has 2 heterocycles. The van der Waals surface area contributed by atoms with Gasteiger partial charge in [-0.05, 0) is 24.1 Å². The standard InChI is InChI=1S/C16H15FN2O3S/c17-12-5-3-11(4-6-12)9-22-15(21)8-13-10-23-16(18-13)19-7-1-2-14(19)20/h3-6,10H,1-2,7-9H2. The maximum absolute atomic E-state index is 12.8. The Morgan fingerprint density at radius 2 is 2.13 bits per heavy atom. The Morgan fingerprint density at radius 3 is 2.83 bits per heavy atom. The molecule has 7 heteroatoms. The second-order valence-corrected chi connectivity index (χ2v) is 6.07. The summed E-state index contributed by atoms with van der Waals surface area (Å²) in [7, 11) is 0. The molecule has 1 aromatic heterocycles. The first-order valence-electron chi connectivity index (χ1n) is 7.26. The van der Waals surface area contributed by atoms with Gasteiger partial charge in [0.05, 0.1) is 12.1 Å². The number of ether oxygens (including phenoxy) is 1. The Morgan fingerprint density at radius 1 is 1.35 bits per heavy atom. The summed E-state index contributed by atoms with van der Waals surface area (Å²) in [6.07, 6.45) is 1.45. The molecule has 23 heavy (non-hydrogen) atoms. The Bertz CT molecular complexity index is 714. The minimum absolute atomic E-state index is 0.0553. The van der Waals surface area contributed by atoms with Gasteiger partial charge in [0, 0.05) is 18.3 Å². The van der Waals surface area contributed by atoms with Crippen molar-refractivity contribution in [2.45, 2.75) is 25.9 Å².